The van der Waals surface area contributed by atoms with Crippen LogP contribution in [0, 0.1) is 6.92 Å². The SMILES string of the molecule is COc1cccc(NCC(=O)NC(CCCCN)C(=O)Nc2ccc(C)cc2)c1. The maximum absolute atomic E-state index is 12.7. The molecule has 2 rings (SSSR count). The lowest BCUT2D eigenvalue weighted by atomic mass is 10.1. The second kappa shape index (κ2) is 11.7. The first-order chi connectivity index (χ1) is 14.0. The Labute approximate surface area is 172 Å². The van der Waals surface area contributed by atoms with Crippen molar-refractivity contribution in [1.82, 2.24) is 5.32 Å². The highest BCUT2D eigenvalue weighted by Crippen LogP contribution is 2.16. The Kier molecular flexibility index (Phi) is 8.98. The van der Waals surface area contributed by atoms with Crippen molar-refractivity contribution in [3.8, 4) is 5.75 Å². The van der Waals surface area contributed by atoms with Crippen LogP contribution in [-0.4, -0.2) is 38.1 Å². The largest absolute Gasteiger partial charge is 0.497 e. The van der Waals surface area contributed by atoms with Gasteiger partial charge in [0.25, 0.3) is 0 Å². The summed E-state index contributed by atoms with van der Waals surface area (Å²) in [5.74, 6) is 0.206. The fourth-order valence-corrected chi connectivity index (χ4v) is 2.79. The van der Waals surface area contributed by atoms with Crippen LogP contribution in [0.25, 0.3) is 0 Å². The molecule has 7 heteroatoms. The van der Waals surface area contributed by atoms with Crippen LogP contribution in [0.2, 0.25) is 0 Å². The van der Waals surface area contributed by atoms with Crippen molar-refractivity contribution in [3.05, 3.63) is 54.1 Å². The second-order valence-corrected chi connectivity index (χ2v) is 6.85. The predicted octanol–water partition coefficient (Wildman–Crippen LogP) is 2.67. The lowest BCUT2D eigenvalue weighted by Crippen LogP contribution is -2.45. The molecule has 0 fully saturated rings. The van der Waals surface area contributed by atoms with Gasteiger partial charge in [0.1, 0.15) is 11.8 Å². The molecule has 0 radical (unpaired) electrons. The summed E-state index contributed by atoms with van der Waals surface area (Å²) in [5.41, 5.74) is 8.14. The Morgan fingerprint density at radius 1 is 1.07 bits per heavy atom. The topological polar surface area (TPSA) is 105 Å². The van der Waals surface area contributed by atoms with Crippen molar-refractivity contribution < 1.29 is 14.3 Å². The zero-order valence-electron chi connectivity index (χ0n) is 17.0. The Bertz CT molecular complexity index is 793. The van der Waals surface area contributed by atoms with E-state index in [-0.39, 0.29) is 18.4 Å². The van der Waals surface area contributed by atoms with Gasteiger partial charge in [-0.15, -0.1) is 0 Å². The third-order valence-corrected chi connectivity index (χ3v) is 4.44. The van der Waals surface area contributed by atoms with E-state index in [1.54, 1.807) is 13.2 Å². The highest BCUT2D eigenvalue weighted by molar-refractivity contribution is 5.97. The first-order valence-corrected chi connectivity index (χ1v) is 9.76. The van der Waals surface area contributed by atoms with Crippen molar-refractivity contribution in [2.75, 3.05) is 30.8 Å². The molecule has 5 N–H and O–H groups in total. The van der Waals surface area contributed by atoms with E-state index in [1.165, 1.54) is 0 Å². The summed E-state index contributed by atoms with van der Waals surface area (Å²) in [6.07, 6.45) is 2.08. The molecule has 2 amide bonds. The molecule has 0 spiro atoms. The number of hydrogen-bond acceptors (Lipinski definition) is 5. The number of amides is 2. The number of methoxy groups -OCH3 is 1. The van der Waals surface area contributed by atoms with Gasteiger partial charge in [-0.25, -0.2) is 0 Å². The maximum Gasteiger partial charge on any atom is 0.246 e. The van der Waals surface area contributed by atoms with Crippen LogP contribution < -0.4 is 26.4 Å². The van der Waals surface area contributed by atoms with Crippen LogP contribution in [0.1, 0.15) is 24.8 Å². The van der Waals surface area contributed by atoms with E-state index < -0.39 is 6.04 Å². The van der Waals surface area contributed by atoms with Crippen molar-refractivity contribution in [2.24, 2.45) is 5.73 Å². The first kappa shape index (κ1) is 22.2. The maximum atomic E-state index is 12.7. The van der Waals surface area contributed by atoms with E-state index in [0.29, 0.717) is 24.4 Å². The second-order valence-electron chi connectivity index (χ2n) is 6.85. The van der Waals surface area contributed by atoms with Gasteiger partial charge >= 0.3 is 0 Å². The van der Waals surface area contributed by atoms with Crippen molar-refractivity contribution in [2.45, 2.75) is 32.2 Å². The Morgan fingerprint density at radius 2 is 1.83 bits per heavy atom. The van der Waals surface area contributed by atoms with E-state index >= 15 is 0 Å². The number of ether oxygens (including phenoxy) is 1. The first-order valence-electron chi connectivity index (χ1n) is 9.76. The molecule has 1 unspecified atom stereocenters. The van der Waals surface area contributed by atoms with Gasteiger partial charge in [0.15, 0.2) is 0 Å². The Balaban J connectivity index is 1.93. The minimum Gasteiger partial charge on any atom is -0.497 e. The van der Waals surface area contributed by atoms with Gasteiger partial charge in [-0.3, -0.25) is 9.59 Å². The molecule has 2 aromatic rings. The summed E-state index contributed by atoms with van der Waals surface area (Å²) >= 11 is 0. The summed E-state index contributed by atoms with van der Waals surface area (Å²) in [6, 6.07) is 14.2. The third-order valence-electron chi connectivity index (χ3n) is 4.44. The number of nitrogens with one attached hydrogen (secondary N) is 3. The number of unbranched alkanes of at least 4 members (excludes halogenated alkanes) is 1. The number of rotatable bonds is 11. The zero-order valence-corrected chi connectivity index (χ0v) is 17.0. The molecule has 1 atom stereocenters. The van der Waals surface area contributed by atoms with Crippen LogP contribution >= 0.6 is 0 Å². The molecule has 0 aromatic heterocycles. The van der Waals surface area contributed by atoms with Crippen molar-refractivity contribution >= 4 is 23.2 Å². The number of benzene rings is 2. The molecule has 156 valence electrons. The fourth-order valence-electron chi connectivity index (χ4n) is 2.79. The Hall–Kier alpha value is -3.06. The molecule has 29 heavy (non-hydrogen) atoms. The van der Waals surface area contributed by atoms with Gasteiger partial charge in [0.05, 0.1) is 13.7 Å². The minimum atomic E-state index is -0.623. The summed E-state index contributed by atoms with van der Waals surface area (Å²) in [4.78, 5) is 25.1. The number of aryl methyl sites for hydroxylation is 1. The molecular formula is C22H30N4O3. The minimum absolute atomic E-state index is 0.0539. The van der Waals surface area contributed by atoms with Gasteiger partial charge in [-0.05, 0) is 57.0 Å². The van der Waals surface area contributed by atoms with E-state index in [1.807, 2.05) is 49.4 Å². The van der Waals surface area contributed by atoms with Crippen LogP contribution in [0.15, 0.2) is 48.5 Å². The fraction of sp³-hybridized carbons (Fsp3) is 0.364. The van der Waals surface area contributed by atoms with Gasteiger partial charge in [-0.2, -0.15) is 0 Å². The van der Waals surface area contributed by atoms with Gasteiger partial charge in [-0.1, -0.05) is 23.8 Å². The molecule has 2 aromatic carbocycles. The van der Waals surface area contributed by atoms with Crippen LogP contribution in [0.4, 0.5) is 11.4 Å². The number of carbonyl (C=O) groups is 2. The van der Waals surface area contributed by atoms with Gasteiger partial charge < -0.3 is 26.4 Å². The standard InChI is InChI=1S/C22H30N4O3/c1-16-9-11-17(12-10-16)25-22(28)20(8-3-4-13-23)26-21(27)15-24-18-6-5-7-19(14-18)29-2/h5-7,9-12,14,20,24H,3-4,8,13,15,23H2,1-2H3,(H,25,28)(H,26,27). The van der Waals surface area contributed by atoms with Gasteiger partial charge in [0, 0.05) is 17.4 Å². The van der Waals surface area contributed by atoms with E-state index in [2.05, 4.69) is 16.0 Å². The number of hydrogen-bond donors (Lipinski definition) is 4. The predicted molar refractivity (Wildman–Crippen MR) is 116 cm³/mol. The van der Waals surface area contributed by atoms with Crippen molar-refractivity contribution in [1.29, 1.82) is 0 Å². The molecule has 0 saturated carbocycles. The molecular weight excluding hydrogens is 368 g/mol. The average Bonchev–Trinajstić information content (AvgIpc) is 2.73. The molecule has 0 aliphatic carbocycles. The lowest BCUT2D eigenvalue weighted by molar-refractivity contribution is -0.125. The number of anilines is 2. The number of carbonyl (C=O) groups excluding carboxylic acids is 2. The summed E-state index contributed by atoms with van der Waals surface area (Å²) in [7, 11) is 1.59. The smallest absolute Gasteiger partial charge is 0.246 e. The van der Waals surface area contributed by atoms with E-state index in [0.717, 1.165) is 24.1 Å². The average molecular weight is 399 g/mol. The number of nitrogens with two attached hydrogens (primary N) is 1. The van der Waals surface area contributed by atoms with E-state index in [9.17, 15) is 9.59 Å². The zero-order chi connectivity index (χ0) is 21.1. The molecule has 0 heterocycles. The van der Waals surface area contributed by atoms with Crippen LogP contribution in [0.3, 0.4) is 0 Å². The lowest BCUT2D eigenvalue weighted by Gasteiger charge is -2.19. The van der Waals surface area contributed by atoms with Crippen molar-refractivity contribution in [3.63, 3.8) is 0 Å². The van der Waals surface area contributed by atoms with Gasteiger partial charge in [0.2, 0.25) is 11.8 Å². The van der Waals surface area contributed by atoms with Crippen LogP contribution in [-0.2, 0) is 9.59 Å². The molecule has 0 bridgehead atoms. The monoisotopic (exact) mass is 398 g/mol. The Morgan fingerprint density at radius 3 is 2.52 bits per heavy atom. The molecule has 0 aliphatic heterocycles. The summed E-state index contributed by atoms with van der Waals surface area (Å²) in [5, 5.41) is 8.73. The molecule has 0 aliphatic rings. The normalized spacial score (nSPS) is 11.4. The quantitative estimate of drug-likeness (QED) is 0.436. The molecule has 7 nitrogen and oxygen atoms in total. The highest BCUT2D eigenvalue weighted by Gasteiger charge is 2.20. The highest BCUT2D eigenvalue weighted by atomic mass is 16.5. The summed E-state index contributed by atoms with van der Waals surface area (Å²) < 4.78 is 5.17. The van der Waals surface area contributed by atoms with E-state index in [4.69, 9.17) is 10.5 Å². The molecule has 0 saturated heterocycles. The third kappa shape index (κ3) is 7.83. The van der Waals surface area contributed by atoms with Crippen LogP contribution in [0.5, 0.6) is 5.75 Å². The summed E-state index contributed by atoms with van der Waals surface area (Å²) in [6.45, 7) is 2.59.